The predicted molar refractivity (Wildman–Crippen MR) is 67.9 cm³/mol. The van der Waals surface area contributed by atoms with Gasteiger partial charge in [0.05, 0.1) is 0 Å². The van der Waals surface area contributed by atoms with Crippen molar-refractivity contribution in [3.63, 3.8) is 0 Å². The van der Waals surface area contributed by atoms with E-state index < -0.39 is 0 Å². The summed E-state index contributed by atoms with van der Waals surface area (Å²) in [4.78, 5) is 8.45. The van der Waals surface area contributed by atoms with Gasteiger partial charge in [-0.25, -0.2) is 9.97 Å². The summed E-state index contributed by atoms with van der Waals surface area (Å²) >= 11 is 0. The number of hydrogen-bond acceptors (Lipinski definition) is 3. The van der Waals surface area contributed by atoms with E-state index in [4.69, 9.17) is 0 Å². The molecule has 0 atom stereocenters. The molecule has 17 heavy (non-hydrogen) atoms. The summed E-state index contributed by atoms with van der Waals surface area (Å²) in [6.07, 6.45) is 7.25. The largest absolute Gasteiger partial charge is 0.312 e. The molecule has 0 aromatic carbocycles. The van der Waals surface area contributed by atoms with Gasteiger partial charge in [0.15, 0.2) is 0 Å². The lowest BCUT2D eigenvalue weighted by molar-refractivity contribution is 0.551. The minimum Gasteiger partial charge on any atom is -0.312 e. The number of pyridine rings is 1. The first-order chi connectivity index (χ1) is 8.27. The van der Waals surface area contributed by atoms with E-state index in [1.54, 1.807) is 18.7 Å². The fourth-order valence-electron chi connectivity index (χ4n) is 1.68. The second kappa shape index (κ2) is 5.59. The van der Waals surface area contributed by atoms with E-state index in [-0.39, 0.29) is 0 Å². The highest BCUT2D eigenvalue weighted by molar-refractivity contribution is 5.33. The summed E-state index contributed by atoms with van der Waals surface area (Å²) in [6, 6.07) is 4.06. The molecular formula is C13H18N4. The Morgan fingerprint density at radius 2 is 2.24 bits per heavy atom. The van der Waals surface area contributed by atoms with Crippen LogP contribution in [0.3, 0.4) is 0 Å². The summed E-state index contributed by atoms with van der Waals surface area (Å²) < 4.78 is 1.94. The van der Waals surface area contributed by atoms with Crippen molar-refractivity contribution in [3.8, 4) is 5.82 Å². The van der Waals surface area contributed by atoms with Gasteiger partial charge in [0, 0.05) is 30.7 Å². The molecule has 2 heterocycles. The Labute approximate surface area is 102 Å². The summed E-state index contributed by atoms with van der Waals surface area (Å²) in [5, 5.41) is 3.43. The first kappa shape index (κ1) is 11.8. The van der Waals surface area contributed by atoms with Crippen molar-refractivity contribution in [2.45, 2.75) is 20.4 Å². The van der Waals surface area contributed by atoms with Gasteiger partial charge in [-0.2, -0.15) is 0 Å². The van der Waals surface area contributed by atoms with Crippen LogP contribution in [0.1, 0.15) is 19.4 Å². The lowest BCUT2D eigenvalue weighted by atomic mass is 10.2. The zero-order chi connectivity index (χ0) is 12.1. The van der Waals surface area contributed by atoms with Crippen LogP contribution in [0.5, 0.6) is 0 Å². The molecule has 2 rings (SSSR count). The molecule has 0 aliphatic rings. The van der Waals surface area contributed by atoms with Crippen molar-refractivity contribution in [2.75, 3.05) is 6.54 Å². The average molecular weight is 230 g/mol. The molecule has 0 radical (unpaired) electrons. The first-order valence-electron chi connectivity index (χ1n) is 5.90. The van der Waals surface area contributed by atoms with Crippen molar-refractivity contribution in [1.29, 1.82) is 0 Å². The SMILES string of the molecule is CC(C)CNCc1cccnc1-n1ccnc1. The fraction of sp³-hybridized carbons (Fsp3) is 0.385. The molecule has 0 unspecified atom stereocenters. The Kier molecular flexibility index (Phi) is 3.88. The van der Waals surface area contributed by atoms with Crippen LogP contribution in [0.25, 0.3) is 5.82 Å². The number of nitrogens with zero attached hydrogens (tertiary/aromatic N) is 3. The van der Waals surface area contributed by atoms with Crippen LogP contribution < -0.4 is 5.32 Å². The summed E-state index contributed by atoms with van der Waals surface area (Å²) in [6.45, 7) is 6.25. The monoisotopic (exact) mass is 230 g/mol. The van der Waals surface area contributed by atoms with Crippen molar-refractivity contribution < 1.29 is 0 Å². The molecule has 0 saturated heterocycles. The quantitative estimate of drug-likeness (QED) is 0.854. The van der Waals surface area contributed by atoms with Crippen LogP contribution in [-0.2, 0) is 6.54 Å². The molecule has 0 bridgehead atoms. The molecule has 0 spiro atoms. The van der Waals surface area contributed by atoms with Gasteiger partial charge in [-0.1, -0.05) is 19.9 Å². The normalized spacial score (nSPS) is 11.0. The van der Waals surface area contributed by atoms with E-state index in [2.05, 4.69) is 35.2 Å². The van der Waals surface area contributed by atoms with Crippen molar-refractivity contribution >= 4 is 0 Å². The Bertz CT molecular complexity index is 448. The highest BCUT2D eigenvalue weighted by Crippen LogP contribution is 2.10. The Morgan fingerprint density at radius 3 is 2.94 bits per heavy atom. The van der Waals surface area contributed by atoms with Gasteiger partial charge in [-0.15, -0.1) is 0 Å². The van der Waals surface area contributed by atoms with Gasteiger partial charge in [0.2, 0.25) is 0 Å². The molecule has 0 amide bonds. The molecule has 2 aromatic heterocycles. The highest BCUT2D eigenvalue weighted by atomic mass is 15.1. The van der Waals surface area contributed by atoms with Gasteiger partial charge in [0.1, 0.15) is 12.1 Å². The summed E-state index contributed by atoms with van der Waals surface area (Å²) in [7, 11) is 0. The van der Waals surface area contributed by atoms with E-state index in [1.807, 2.05) is 16.8 Å². The molecule has 90 valence electrons. The summed E-state index contributed by atoms with van der Waals surface area (Å²) in [5.41, 5.74) is 1.19. The number of imidazole rings is 1. The Morgan fingerprint density at radius 1 is 1.35 bits per heavy atom. The van der Waals surface area contributed by atoms with Gasteiger partial charge in [-0.3, -0.25) is 4.57 Å². The van der Waals surface area contributed by atoms with E-state index in [1.165, 1.54) is 5.56 Å². The van der Waals surface area contributed by atoms with Gasteiger partial charge in [-0.05, 0) is 18.5 Å². The smallest absolute Gasteiger partial charge is 0.142 e. The van der Waals surface area contributed by atoms with Crippen LogP contribution in [0.4, 0.5) is 0 Å². The number of aromatic nitrogens is 3. The van der Waals surface area contributed by atoms with E-state index in [0.717, 1.165) is 18.9 Å². The maximum atomic E-state index is 4.40. The van der Waals surface area contributed by atoms with E-state index >= 15 is 0 Å². The molecule has 0 aliphatic carbocycles. The van der Waals surface area contributed by atoms with E-state index in [9.17, 15) is 0 Å². The van der Waals surface area contributed by atoms with Crippen molar-refractivity contribution in [2.24, 2.45) is 5.92 Å². The maximum absolute atomic E-state index is 4.40. The third kappa shape index (κ3) is 3.14. The van der Waals surface area contributed by atoms with Crippen LogP contribution in [0.2, 0.25) is 0 Å². The highest BCUT2D eigenvalue weighted by Gasteiger charge is 2.04. The third-order valence-corrected chi connectivity index (χ3v) is 2.48. The second-order valence-electron chi connectivity index (χ2n) is 4.48. The molecule has 0 aliphatic heterocycles. The lowest BCUT2D eigenvalue weighted by Crippen LogP contribution is -2.20. The maximum Gasteiger partial charge on any atom is 0.142 e. The number of hydrogen-bond donors (Lipinski definition) is 1. The van der Waals surface area contributed by atoms with Crippen molar-refractivity contribution in [3.05, 3.63) is 42.6 Å². The van der Waals surface area contributed by atoms with E-state index in [0.29, 0.717) is 5.92 Å². The summed E-state index contributed by atoms with van der Waals surface area (Å²) in [5.74, 6) is 1.60. The number of rotatable bonds is 5. The molecule has 0 saturated carbocycles. The van der Waals surface area contributed by atoms with Gasteiger partial charge >= 0.3 is 0 Å². The topological polar surface area (TPSA) is 42.7 Å². The third-order valence-electron chi connectivity index (χ3n) is 2.48. The lowest BCUT2D eigenvalue weighted by Gasteiger charge is -2.11. The zero-order valence-electron chi connectivity index (χ0n) is 10.3. The molecule has 1 N–H and O–H groups in total. The Hall–Kier alpha value is -1.68. The standard InChI is InChI=1S/C13H18N4/c1-11(2)8-15-9-12-4-3-5-16-13(12)17-7-6-14-10-17/h3-7,10-11,15H,8-9H2,1-2H3. The molecule has 2 aromatic rings. The van der Waals surface area contributed by atoms with Crippen LogP contribution in [0, 0.1) is 5.92 Å². The Balaban J connectivity index is 2.11. The minimum absolute atomic E-state index is 0.656. The zero-order valence-corrected chi connectivity index (χ0v) is 10.3. The molecule has 0 fully saturated rings. The van der Waals surface area contributed by atoms with Crippen LogP contribution in [0.15, 0.2) is 37.1 Å². The minimum atomic E-state index is 0.656. The second-order valence-corrected chi connectivity index (χ2v) is 4.48. The van der Waals surface area contributed by atoms with Gasteiger partial charge in [0.25, 0.3) is 0 Å². The van der Waals surface area contributed by atoms with Crippen LogP contribution >= 0.6 is 0 Å². The fourth-order valence-corrected chi connectivity index (χ4v) is 1.68. The predicted octanol–water partition coefficient (Wildman–Crippen LogP) is 2.01. The molecule has 4 nitrogen and oxygen atoms in total. The number of nitrogens with one attached hydrogen (secondary N) is 1. The molecule has 4 heteroatoms. The first-order valence-corrected chi connectivity index (χ1v) is 5.90. The van der Waals surface area contributed by atoms with Crippen LogP contribution in [-0.4, -0.2) is 21.1 Å². The van der Waals surface area contributed by atoms with Crippen molar-refractivity contribution in [1.82, 2.24) is 19.9 Å². The molecular weight excluding hydrogens is 212 g/mol. The average Bonchev–Trinajstić information content (AvgIpc) is 2.82. The van der Waals surface area contributed by atoms with Gasteiger partial charge < -0.3 is 5.32 Å².